The maximum absolute atomic E-state index is 12.1. The van der Waals surface area contributed by atoms with Crippen LogP contribution in [0.1, 0.15) is 25.7 Å². The first-order valence-electron chi connectivity index (χ1n) is 7.29. The fourth-order valence-electron chi connectivity index (χ4n) is 2.56. The molecule has 1 aromatic rings. The summed E-state index contributed by atoms with van der Waals surface area (Å²) in [7, 11) is 0. The highest BCUT2D eigenvalue weighted by Gasteiger charge is 2.33. The largest absolute Gasteiger partial charge is 0.481 e. The van der Waals surface area contributed by atoms with Gasteiger partial charge >= 0.3 is 5.97 Å². The van der Waals surface area contributed by atoms with E-state index in [0.29, 0.717) is 19.4 Å². The van der Waals surface area contributed by atoms with Gasteiger partial charge in [0.25, 0.3) is 0 Å². The van der Waals surface area contributed by atoms with Crippen LogP contribution in [0.5, 0.6) is 0 Å². The number of aromatic nitrogens is 2. The van der Waals surface area contributed by atoms with Crippen LogP contribution >= 0.6 is 0 Å². The normalized spacial score (nSPS) is 21.1. The predicted molar refractivity (Wildman–Crippen MR) is 77.5 cm³/mol. The number of carboxylic acid groups (broad SMARTS) is 1. The van der Waals surface area contributed by atoms with E-state index in [2.05, 4.69) is 10.3 Å². The number of unbranched alkanes of at least 4 members (excludes halogenated alkanes) is 1. The molecule has 1 aromatic heterocycles. The predicted octanol–water partition coefficient (Wildman–Crippen LogP) is 1.45. The third kappa shape index (κ3) is 4.44. The van der Waals surface area contributed by atoms with Crippen molar-refractivity contribution in [3.8, 4) is 0 Å². The Hall–Kier alpha value is -2.11. The van der Waals surface area contributed by atoms with Crippen LogP contribution in [0.4, 0.5) is 0 Å². The molecule has 0 unspecified atom stereocenters. The van der Waals surface area contributed by atoms with Crippen molar-refractivity contribution in [3.63, 3.8) is 0 Å². The van der Waals surface area contributed by atoms with Crippen molar-refractivity contribution in [2.24, 2.45) is 11.8 Å². The van der Waals surface area contributed by atoms with Gasteiger partial charge in [0.05, 0.1) is 18.2 Å². The number of hydrogen-bond acceptors (Lipinski definition) is 3. The minimum Gasteiger partial charge on any atom is -0.481 e. The van der Waals surface area contributed by atoms with Crippen molar-refractivity contribution in [2.45, 2.75) is 32.2 Å². The topological polar surface area (TPSA) is 84.2 Å². The molecule has 0 bridgehead atoms. The quantitative estimate of drug-likeness (QED) is 0.588. The van der Waals surface area contributed by atoms with Crippen LogP contribution in [0.3, 0.4) is 0 Å². The lowest BCUT2D eigenvalue weighted by Crippen LogP contribution is -2.39. The van der Waals surface area contributed by atoms with Gasteiger partial charge in [-0.05, 0) is 25.7 Å². The average Bonchev–Trinajstić information content (AvgIpc) is 3.00. The SMILES string of the molecule is O=C(O)[C@H]1CC=CC[C@H]1C(=O)NCCCCn1ccnc1. The zero-order chi connectivity index (χ0) is 15.1. The maximum atomic E-state index is 12.1. The molecule has 0 radical (unpaired) electrons. The Balaban J connectivity index is 1.68. The molecule has 1 amide bonds. The highest BCUT2D eigenvalue weighted by Crippen LogP contribution is 2.25. The lowest BCUT2D eigenvalue weighted by atomic mass is 9.82. The van der Waals surface area contributed by atoms with Gasteiger partial charge in [0.1, 0.15) is 0 Å². The van der Waals surface area contributed by atoms with Crippen LogP contribution in [-0.4, -0.2) is 33.1 Å². The van der Waals surface area contributed by atoms with Crippen LogP contribution < -0.4 is 5.32 Å². The van der Waals surface area contributed by atoms with E-state index in [-0.39, 0.29) is 5.91 Å². The van der Waals surface area contributed by atoms with E-state index >= 15 is 0 Å². The first-order chi connectivity index (χ1) is 10.2. The highest BCUT2D eigenvalue weighted by molar-refractivity contribution is 5.85. The van der Waals surface area contributed by atoms with Gasteiger partial charge in [-0.25, -0.2) is 4.98 Å². The maximum Gasteiger partial charge on any atom is 0.307 e. The second-order valence-corrected chi connectivity index (χ2v) is 5.29. The molecule has 1 aliphatic rings. The van der Waals surface area contributed by atoms with Gasteiger partial charge < -0.3 is 15.0 Å². The van der Waals surface area contributed by atoms with E-state index in [4.69, 9.17) is 5.11 Å². The summed E-state index contributed by atoms with van der Waals surface area (Å²) in [6, 6.07) is 0. The van der Waals surface area contributed by atoms with E-state index in [0.717, 1.165) is 19.4 Å². The Morgan fingerprint density at radius 2 is 2.00 bits per heavy atom. The molecule has 6 nitrogen and oxygen atoms in total. The van der Waals surface area contributed by atoms with Crippen molar-refractivity contribution in [1.82, 2.24) is 14.9 Å². The van der Waals surface area contributed by atoms with Crippen molar-refractivity contribution in [1.29, 1.82) is 0 Å². The Labute approximate surface area is 123 Å². The Morgan fingerprint density at radius 1 is 1.24 bits per heavy atom. The molecule has 0 aliphatic heterocycles. The zero-order valence-corrected chi connectivity index (χ0v) is 11.9. The Morgan fingerprint density at radius 3 is 2.67 bits per heavy atom. The molecular weight excluding hydrogens is 270 g/mol. The number of aliphatic carboxylic acids is 1. The van der Waals surface area contributed by atoms with Crippen LogP contribution in [0.2, 0.25) is 0 Å². The number of allylic oxidation sites excluding steroid dienone is 2. The fraction of sp³-hybridized carbons (Fsp3) is 0.533. The Bertz CT molecular complexity index is 496. The van der Waals surface area contributed by atoms with Gasteiger partial charge in [0, 0.05) is 25.5 Å². The summed E-state index contributed by atoms with van der Waals surface area (Å²) in [5.74, 6) is -2.07. The summed E-state index contributed by atoms with van der Waals surface area (Å²) in [5.41, 5.74) is 0. The second kappa shape index (κ2) is 7.61. The molecule has 0 fully saturated rings. The minimum absolute atomic E-state index is 0.144. The summed E-state index contributed by atoms with van der Waals surface area (Å²) >= 11 is 0. The van der Waals surface area contributed by atoms with E-state index in [9.17, 15) is 9.59 Å². The molecule has 0 aromatic carbocycles. The number of nitrogens with zero attached hydrogens (tertiary/aromatic N) is 2. The van der Waals surface area contributed by atoms with Crippen molar-refractivity contribution >= 4 is 11.9 Å². The van der Waals surface area contributed by atoms with Gasteiger partial charge in [-0.1, -0.05) is 12.2 Å². The first-order valence-corrected chi connectivity index (χ1v) is 7.29. The van der Waals surface area contributed by atoms with Gasteiger partial charge in [0.2, 0.25) is 5.91 Å². The number of aryl methyl sites for hydroxylation is 1. The van der Waals surface area contributed by atoms with Crippen molar-refractivity contribution in [3.05, 3.63) is 30.9 Å². The third-order valence-electron chi connectivity index (χ3n) is 3.79. The van der Waals surface area contributed by atoms with E-state index in [1.54, 1.807) is 12.5 Å². The van der Waals surface area contributed by atoms with E-state index in [1.165, 1.54) is 0 Å². The first kappa shape index (κ1) is 15.3. The number of hydrogen-bond donors (Lipinski definition) is 2. The molecule has 114 valence electrons. The number of amides is 1. The number of nitrogens with one attached hydrogen (secondary N) is 1. The monoisotopic (exact) mass is 291 g/mol. The van der Waals surface area contributed by atoms with Crippen LogP contribution in [0, 0.1) is 11.8 Å². The summed E-state index contributed by atoms with van der Waals surface area (Å²) in [5, 5.41) is 12.0. The summed E-state index contributed by atoms with van der Waals surface area (Å²) in [6.45, 7) is 1.46. The molecule has 0 spiro atoms. The van der Waals surface area contributed by atoms with Gasteiger partial charge in [-0.3, -0.25) is 9.59 Å². The van der Waals surface area contributed by atoms with Gasteiger partial charge in [0.15, 0.2) is 0 Å². The van der Waals surface area contributed by atoms with Gasteiger partial charge in [-0.2, -0.15) is 0 Å². The summed E-state index contributed by atoms with van der Waals surface area (Å²) < 4.78 is 1.99. The standard InChI is InChI=1S/C15H21N3O3/c19-14(12-5-1-2-6-13(12)15(20)21)17-7-3-4-9-18-10-8-16-11-18/h1-2,8,10-13H,3-7,9H2,(H,17,19)(H,20,21)/t12-,13+/m1/s1. The average molecular weight is 291 g/mol. The van der Waals surface area contributed by atoms with Crippen molar-refractivity contribution in [2.75, 3.05) is 6.54 Å². The Kier molecular flexibility index (Phi) is 5.54. The molecule has 1 heterocycles. The van der Waals surface area contributed by atoms with E-state index < -0.39 is 17.8 Å². The lowest BCUT2D eigenvalue weighted by Gasteiger charge is -2.24. The summed E-state index contributed by atoms with van der Waals surface area (Å²) in [6.07, 6.45) is 11.9. The van der Waals surface area contributed by atoms with Crippen LogP contribution in [0.25, 0.3) is 0 Å². The molecule has 2 N–H and O–H groups in total. The second-order valence-electron chi connectivity index (χ2n) is 5.29. The van der Waals surface area contributed by atoms with E-state index in [1.807, 2.05) is 22.9 Å². The van der Waals surface area contributed by atoms with Crippen LogP contribution in [-0.2, 0) is 16.1 Å². The molecule has 2 rings (SSSR count). The molecular formula is C15H21N3O3. The fourth-order valence-corrected chi connectivity index (χ4v) is 2.56. The number of carbonyl (C=O) groups excluding carboxylic acids is 1. The zero-order valence-electron chi connectivity index (χ0n) is 11.9. The smallest absolute Gasteiger partial charge is 0.307 e. The highest BCUT2D eigenvalue weighted by atomic mass is 16.4. The lowest BCUT2D eigenvalue weighted by molar-refractivity contribution is -0.147. The molecule has 1 aliphatic carbocycles. The molecule has 21 heavy (non-hydrogen) atoms. The molecule has 2 atom stereocenters. The number of carboxylic acids is 1. The number of rotatable bonds is 7. The summed E-state index contributed by atoms with van der Waals surface area (Å²) in [4.78, 5) is 27.2. The number of carbonyl (C=O) groups is 2. The van der Waals surface area contributed by atoms with Crippen molar-refractivity contribution < 1.29 is 14.7 Å². The molecule has 0 saturated heterocycles. The molecule has 0 saturated carbocycles. The minimum atomic E-state index is -0.889. The van der Waals surface area contributed by atoms with Crippen LogP contribution in [0.15, 0.2) is 30.9 Å². The third-order valence-corrected chi connectivity index (χ3v) is 3.79. The number of imidazole rings is 1. The van der Waals surface area contributed by atoms with Gasteiger partial charge in [-0.15, -0.1) is 0 Å². The molecule has 6 heteroatoms.